The molecule has 0 unspecified atom stereocenters. The van der Waals surface area contributed by atoms with Gasteiger partial charge in [0.1, 0.15) is 5.82 Å². The first kappa shape index (κ1) is 12.4. The predicted molar refractivity (Wildman–Crippen MR) is 85.2 cm³/mol. The monoisotopic (exact) mass is 275 g/mol. The molecule has 0 spiro atoms. The average Bonchev–Trinajstić information content (AvgIpc) is 2.99. The zero-order chi connectivity index (χ0) is 14.1. The summed E-state index contributed by atoms with van der Waals surface area (Å²) in [7, 11) is 0. The fourth-order valence-electron chi connectivity index (χ4n) is 3.01. The van der Waals surface area contributed by atoms with E-state index in [1.165, 1.54) is 5.56 Å². The van der Waals surface area contributed by atoms with Crippen molar-refractivity contribution in [3.05, 3.63) is 78.1 Å². The molecule has 0 amide bonds. The first-order valence-corrected chi connectivity index (χ1v) is 7.31. The number of rotatable bonds is 2. The molecule has 0 saturated heterocycles. The van der Waals surface area contributed by atoms with Gasteiger partial charge < -0.3 is 10.3 Å². The van der Waals surface area contributed by atoms with Gasteiger partial charge in [0.2, 0.25) is 0 Å². The van der Waals surface area contributed by atoms with Gasteiger partial charge in [0.25, 0.3) is 0 Å². The third kappa shape index (κ3) is 2.26. The minimum Gasteiger partial charge on any atom is -0.341 e. The highest BCUT2D eigenvalue weighted by molar-refractivity contribution is 5.74. The van der Waals surface area contributed by atoms with Crippen LogP contribution in [0.5, 0.6) is 0 Å². The number of hydrogen-bond donors (Lipinski definition) is 2. The first-order valence-electron chi connectivity index (χ1n) is 7.31. The molecule has 0 aliphatic carbocycles. The molecule has 4 rings (SSSR count). The van der Waals surface area contributed by atoms with Crippen LogP contribution in [0.15, 0.2) is 66.7 Å². The Bertz CT molecular complexity index is 740. The van der Waals surface area contributed by atoms with Crippen LogP contribution in [0, 0.1) is 0 Å². The van der Waals surface area contributed by atoms with Crippen LogP contribution in [0.25, 0.3) is 11.0 Å². The van der Waals surface area contributed by atoms with Crippen LogP contribution in [-0.2, 0) is 0 Å². The van der Waals surface area contributed by atoms with Crippen molar-refractivity contribution >= 4 is 11.0 Å². The minimum absolute atomic E-state index is 0.185. The molecule has 2 atom stereocenters. The van der Waals surface area contributed by atoms with Crippen molar-refractivity contribution in [2.24, 2.45) is 0 Å². The summed E-state index contributed by atoms with van der Waals surface area (Å²) < 4.78 is 0. The van der Waals surface area contributed by atoms with Gasteiger partial charge in [-0.05, 0) is 17.7 Å². The third-order valence-corrected chi connectivity index (χ3v) is 4.04. The number of H-pyrrole nitrogens is 1. The molecule has 0 saturated carbocycles. The van der Waals surface area contributed by atoms with Gasteiger partial charge in [-0.1, -0.05) is 54.6 Å². The molecular weight excluding hydrogens is 258 g/mol. The second kappa shape index (κ2) is 5.19. The van der Waals surface area contributed by atoms with Gasteiger partial charge >= 0.3 is 0 Å². The molecule has 0 bridgehead atoms. The summed E-state index contributed by atoms with van der Waals surface area (Å²) >= 11 is 0. The summed E-state index contributed by atoms with van der Waals surface area (Å²) in [6.07, 6.45) is 4.47. The number of hydrogen-bond acceptors (Lipinski definition) is 2. The highest BCUT2D eigenvalue weighted by atomic mass is 15.0. The van der Waals surface area contributed by atoms with Gasteiger partial charge in [0, 0.05) is 12.5 Å². The van der Waals surface area contributed by atoms with E-state index >= 15 is 0 Å². The molecule has 1 aromatic heterocycles. The Hall–Kier alpha value is -2.39. The number of aromatic amines is 1. The van der Waals surface area contributed by atoms with Gasteiger partial charge in [-0.15, -0.1) is 0 Å². The van der Waals surface area contributed by atoms with E-state index in [1.54, 1.807) is 0 Å². The van der Waals surface area contributed by atoms with Crippen LogP contribution < -0.4 is 5.32 Å². The van der Waals surface area contributed by atoms with Gasteiger partial charge in [-0.3, -0.25) is 0 Å². The largest absolute Gasteiger partial charge is 0.341 e. The van der Waals surface area contributed by atoms with Crippen molar-refractivity contribution < 1.29 is 0 Å². The lowest BCUT2D eigenvalue weighted by atomic mass is 9.88. The Balaban J connectivity index is 1.76. The van der Waals surface area contributed by atoms with Gasteiger partial charge in [0.05, 0.1) is 17.1 Å². The molecule has 2 heterocycles. The second-order valence-corrected chi connectivity index (χ2v) is 5.39. The van der Waals surface area contributed by atoms with Crippen LogP contribution in [0.3, 0.4) is 0 Å². The van der Waals surface area contributed by atoms with E-state index in [4.69, 9.17) is 4.98 Å². The number of para-hydroxylation sites is 2. The van der Waals surface area contributed by atoms with Crippen molar-refractivity contribution in [1.29, 1.82) is 0 Å². The maximum Gasteiger partial charge on any atom is 0.125 e. The predicted octanol–water partition coefficient (Wildman–Crippen LogP) is 3.55. The van der Waals surface area contributed by atoms with Crippen LogP contribution in [-0.4, -0.2) is 16.5 Å². The second-order valence-electron chi connectivity index (χ2n) is 5.39. The van der Waals surface area contributed by atoms with Crippen molar-refractivity contribution in [3.8, 4) is 0 Å². The standard InChI is InChI=1S/C18H17N3/c1-2-7-13(8-3-1)14-9-6-12-19-17(14)18-20-15-10-4-5-11-16(15)21-18/h1-11,14,17,19H,12H2,(H,20,21)/t14-,17-/m1/s1. The summed E-state index contributed by atoms with van der Waals surface area (Å²) in [5, 5.41) is 3.56. The van der Waals surface area contributed by atoms with Gasteiger partial charge in [0.15, 0.2) is 0 Å². The summed E-state index contributed by atoms with van der Waals surface area (Å²) in [5.74, 6) is 1.31. The zero-order valence-corrected chi connectivity index (χ0v) is 11.7. The van der Waals surface area contributed by atoms with Gasteiger partial charge in [-0.2, -0.15) is 0 Å². The van der Waals surface area contributed by atoms with Crippen LogP contribution in [0.2, 0.25) is 0 Å². The summed E-state index contributed by atoms with van der Waals surface area (Å²) in [5.41, 5.74) is 3.43. The molecule has 1 aliphatic heterocycles. The summed E-state index contributed by atoms with van der Waals surface area (Å²) in [6.45, 7) is 0.880. The van der Waals surface area contributed by atoms with Crippen molar-refractivity contribution in [1.82, 2.24) is 15.3 Å². The first-order chi connectivity index (χ1) is 10.4. The highest BCUT2D eigenvalue weighted by Gasteiger charge is 2.26. The number of nitrogens with zero attached hydrogens (tertiary/aromatic N) is 1. The molecule has 3 nitrogen and oxygen atoms in total. The average molecular weight is 275 g/mol. The molecular formula is C18H17N3. The number of aromatic nitrogens is 2. The molecule has 21 heavy (non-hydrogen) atoms. The number of fused-ring (bicyclic) bond motifs is 1. The highest BCUT2D eigenvalue weighted by Crippen LogP contribution is 2.33. The fraction of sp³-hybridized carbons (Fsp3) is 0.167. The normalized spacial score (nSPS) is 21.7. The molecule has 3 aromatic rings. The maximum absolute atomic E-state index is 4.76. The van der Waals surface area contributed by atoms with E-state index in [1.807, 2.05) is 18.2 Å². The quantitative estimate of drug-likeness (QED) is 0.702. The Labute approximate surface area is 123 Å². The minimum atomic E-state index is 0.185. The summed E-state index contributed by atoms with van der Waals surface area (Å²) in [4.78, 5) is 8.22. The summed E-state index contributed by atoms with van der Waals surface area (Å²) in [6, 6.07) is 19.0. The smallest absolute Gasteiger partial charge is 0.125 e. The van der Waals surface area contributed by atoms with Crippen LogP contribution in [0.1, 0.15) is 23.3 Å². The number of imidazole rings is 1. The van der Waals surface area contributed by atoms with E-state index in [0.717, 1.165) is 23.4 Å². The topological polar surface area (TPSA) is 40.7 Å². The van der Waals surface area contributed by atoms with Crippen molar-refractivity contribution in [3.63, 3.8) is 0 Å². The molecule has 3 heteroatoms. The molecule has 1 aliphatic rings. The molecule has 0 radical (unpaired) electrons. The lowest BCUT2D eigenvalue weighted by Gasteiger charge is -2.27. The molecule has 0 fully saturated rings. The Morgan fingerprint density at radius 2 is 1.76 bits per heavy atom. The lowest BCUT2D eigenvalue weighted by molar-refractivity contribution is 0.480. The SMILES string of the molecule is C1=C[C@H](c2ccccc2)[C@H](c2nc3ccccc3[nH]2)NC1. The van der Waals surface area contributed by atoms with Gasteiger partial charge in [-0.25, -0.2) is 4.98 Å². The molecule has 2 N–H and O–H groups in total. The zero-order valence-electron chi connectivity index (χ0n) is 11.7. The van der Waals surface area contributed by atoms with Crippen LogP contribution in [0.4, 0.5) is 0 Å². The van der Waals surface area contributed by atoms with E-state index in [0.29, 0.717) is 5.92 Å². The van der Waals surface area contributed by atoms with Crippen molar-refractivity contribution in [2.75, 3.05) is 6.54 Å². The Morgan fingerprint density at radius 1 is 0.952 bits per heavy atom. The molecule has 104 valence electrons. The number of nitrogens with one attached hydrogen (secondary N) is 2. The van der Waals surface area contributed by atoms with E-state index in [-0.39, 0.29) is 6.04 Å². The Kier molecular flexibility index (Phi) is 3.05. The van der Waals surface area contributed by atoms with E-state index in [9.17, 15) is 0 Å². The lowest BCUT2D eigenvalue weighted by Crippen LogP contribution is -2.30. The Morgan fingerprint density at radius 3 is 2.62 bits per heavy atom. The van der Waals surface area contributed by atoms with Crippen molar-refractivity contribution in [2.45, 2.75) is 12.0 Å². The maximum atomic E-state index is 4.76. The van der Waals surface area contributed by atoms with E-state index < -0.39 is 0 Å². The fourth-order valence-corrected chi connectivity index (χ4v) is 3.01. The van der Waals surface area contributed by atoms with E-state index in [2.05, 4.69) is 58.9 Å². The third-order valence-electron chi connectivity index (χ3n) is 4.04. The van der Waals surface area contributed by atoms with Crippen LogP contribution >= 0.6 is 0 Å². The number of benzene rings is 2. The molecule has 2 aromatic carbocycles.